The van der Waals surface area contributed by atoms with Gasteiger partial charge in [-0.3, -0.25) is 4.99 Å². The molecule has 136 valence electrons. The molecular weight excluding hydrogens is 324 g/mol. The van der Waals surface area contributed by atoms with E-state index in [1.165, 1.54) is 0 Å². The van der Waals surface area contributed by atoms with E-state index >= 15 is 0 Å². The maximum atomic E-state index is 12.2. The highest BCUT2D eigenvalue weighted by atomic mass is 32.2. The van der Waals surface area contributed by atoms with E-state index in [1.54, 1.807) is 24.3 Å². The molecule has 1 aromatic carbocycles. The first kappa shape index (κ1) is 20.4. The summed E-state index contributed by atoms with van der Waals surface area (Å²) in [4.78, 5) is 4.69. The van der Waals surface area contributed by atoms with Gasteiger partial charge in [-0.05, 0) is 38.8 Å². The van der Waals surface area contributed by atoms with Gasteiger partial charge in [-0.15, -0.1) is 0 Å². The number of nitrogens with zero attached hydrogens (tertiary/aromatic N) is 1. The van der Waals surface area contributed by atoms with Crippen LogP contribution in [-0.2, 0) is 10.0 Å². The molecule has 1 aromatic rings. The van der Waals surface area contributed by atoms with Gasteiger partial charge in [0.1, 0.15) is 0 Å². The van der Waals surface area contributed by atoms with E-state index < -0.39 is 10.0 Å². The van der Waals surface area contributed by atoms with E-state index in [1.807, 2.05) is 13.8 Å². The van der Waals surface area contributed by atoms with Crippen LogP contribution in [0.4, 0.5) is 0 Å². The fourth-order valence-corrected chi connectivity index (χ4v) is 2.87. The van der Waals surface area contributed by atoms with Crippen LogP contribution >= 0.6 is 0 Å². The molecule has 0 fully saturated rings. The van der Waals surface area contributed by atoms with Crippen LogP contribution in [-0.4, -0.2) is 40.1 Å². The molecule has 0 aliphatic rings. The van der Waals surface area contributed by atoms with Crippen molar-refractivity contribution < 1.29 is 8.42 Å². The molecule has 7 heteroatoms. The summed E-state index contributed by atoms with van der Waals surface area (Å²) in [5.41, 5.74) is 1.03. The molecule has 0 bridgehead atoms. The van der Waals surface area contributed by atoms with Crippen molar-refractivity contribution in [2.75, 3.05) is 19.6 Å². The van der Waals surface area contributed by atoms with Gasteiger partial charge in [0.2, 0.25) is 10.0 Å². The van der Waals surface area contributed by atoms with Gasteiger partial charge in [0.25, 0.3) is 0 Å². The molecule has 6 nitrogen and oxygen atoms in total. The Morgan fingerprint density at radius 2 is 1.79 bits per heavy atom. The molecule has 0 aliphatic carbocycles. The lowest BCUT2D eigenvalue weighted by Crippen LogP contribution is -2.44. The molecule has 1 rings (SSSR count). The van der Waals surface area contributed by atoms with Crippen LogP contribution in [0.1, 0.15) is 33.3 Å². The first-order valence-corrected chi connectivity index (χ1v) is 9.85. The van der Waals surface area contributed by atoms with Gasteiger partial charge < -0.3 is 10.6 Å². The highest BCUT2D eigenvalue weighted by Crippen LogP contribution is 2.09. The Hall–Kier alpha value is -1.60. The summed E-state index contributed by atoms with van der Waals surface area (Å²) in [6, 6.07) is 7.07. The Labute approximate surface area is 146 Å². The molecule has 1 unspecified atom stereocenters. The summed E-state index contributed by atoms with van der Waals surface area (Å²) in [6.07, 6.45) is 0. The summed E-state index contributed by atoms with van der Waals surface area (Å²) in [6.45, 7) is 11.7. The number of aryl methyl sites for hydroxylation is 1. The zero-order valence-electron chi connectivity index (χ0n) is 15.3. The van der Waals surface area contributed by atoms with Crippen LogP contribution in [0.2, 0.25) is 0 Å². The normalized spacial score (nSPS) is 13.8. The van der Waals surface area contributed by atoms with Crippen molar-refractivity contribution >= 4 is 16.0 Å². The Kier molecular flexibility index (Phi) is 8.21. The van der Waals surface area contributed by atoms with Crippen LogP contribution in [0.25, 0.3) is 0 Å². The van der Waals surface area contributed by atoms with Crippen molar-refractivity contribution in [2.24, 2.45) is 10.9 Å². The van der Waals surface area contributed by atoms with Crippen LogP contribution in [0.5, 0.6) is 0 Å². The highest BCUT2D eigenvalue weighted by molar-refractivity contribution is 7.89. The number of sulfonamides is 1. The molecule has 0 aromatic heterocycles. The summed E-state index contributed by atoms with van der Waals surface area (Å²) in [5.74, 6) is 1.18. The summed E-state index contributed by atoms with van der Waals surface area (Å²) in [5, 5.41) is 6.48. The second-order valence-electron chi connectivity index (χ2n) is 6.15. The van der Waals surface area contributed by atoms with Gasteiger partial charge in [0.15, 0.2) is 5.96 Å². The minimum absolute atomic E-state index is 0.253. The first-order valence-electron chi connectivity index (χ1n) is 8.37. The SMILES string of the molecule is CCNC(=NCCNS(=O)(=O)c1ccc(C)cc1)NC(C)C(C)C. The number of aliphatic imine (C=N–C) groups is 1. The second-order valence-corrected chi connectivity index (χ2v) is 7.92. The lowest BCUT2D eigenvalue weighted by atomic mass is 10.1. The molecule has 24 heavy (non-hydrogen) atoms. The standard InChI is InChI=1S/C17H30N4O2S/c1-6-18-17(21-15(5)13(2)3)19-11-12-20-24(22,23)16-9-7-14(4)8-10-16/h7-10,13,15,20H,6,11-12H2,1-5H3,(H2,18,19,21). The number of guanidine groups is 1. The van der Waals surface area contributed by atoms with E-state index in [0.29, 0.717) is 18.4 Å². The zero-order chi connectivity index (χ0) is 18.2. The van der Waals surface area contributed by atoms with Crippen LogP contribution in [0.3, 0.4) is 0 Å². The summed E-state index contributed by atoms with van der Waals surface area (Å²) >= 11 is 0. The maximum Gasteiger partial charge on any atom is 0.240 e. The van der Waals surface area contributed by atoms with E-state index in [0.717, 1.165) is 12.1 Å². The van der Waals surface area contributed by atoms with E-state index in [-0.39, 0.29) is 17.5 Å². The average Bonchev–Trinajstić information content (AvgIpc) is 2.52. The Balaban J connectivity index is 2.58. The lowest BCUT2D eigenvalue weighted by Gasteiger charge is -2.20. The van der Waals surface area contributed by atoms with E-state index in [9.17, 15) is 8.42 Å². The Bertz CT molecular complexity index is 624. The molecule has 0 aliphatic heterocycles. The zero-order valence-corrected chi connectivity index (χ0v) is 16.1. The third kappa shape index (κ3) is 6.88. The highest BCUT2D eigenvalue weighted by Gasteiger charge is 2.13. The molecule has 0 saturated carbocycles. The molecule has 0 radical (unpaired) electrons. The summed E-state index contributed by atoms with van der Waals surface area (Å²) < 4.78 is 27.0. The quantitative estimate of drug-likeness (QED) is 0.378. The Morgan fingerprint density at radius 1 is 1.17 bits per heavy atom. The van der Waals surface area contributed by atoms with E-state index in [2.05, 4.69) is 41.1 Å². The molecule has 0 spiro atoms. The topological polar surface area (TPSA) is 82.6 Å². The van der Waals surface area contributed by atoms with Gasteiger partial charge in [-0.25, -0.2) is 13.1 Å². The third-order valence-electron chi connectivity index (χ3n) is 3.71. The largest absolute Gasteiger partial charge is 0.357 e. The number of benzene rings is 1. The van der Waals surface area contributed by atoms with Crippen molar-refractivity contribution in [1.82, 2.24) is 15.4 Å². The van der Waals surface area contributed by atoms with Crippen LogP contribution in [0, 0.1) is 12.8 Å². The van der Waals surface area contributed by atoms with Crippen LogP contribution in [0.15, 0.2) is 34.2 Å². The van der Waals surface area contributed by atoms with Crippen molar-refractivity contribution in [2.45, 2.75) is 45.6 Å². The molecule has 1 atom stereocenters. The lowest BCUT2D eigenvalue weighted by molar-refractivity contribution is 0.481. The smallest absolute Gasteiger partial charge is 0.240 e. The first-order chi connectivity index (χ1) is 11.3. The monoisotopic (exact) mass is 354 g/mol. The van der Waals surface area contributed by atoms with Crippen molar-refractivity contribution in [3.05, 3.63) is 29.8 Å². The van der Waals surface area contributed by atoms with Gasteiger partial charge in [0, 0.05) is 19.1 Å². The predicted octanol–water partition coefficient (Wildman–Crippen LogP) is 1.87. The predicted molar refractivity (Wildman–Crippen MR) is 99.8 cm³/mol. The number of hydrogen-bond donors (Lipinski definition) is 3. The van der Waals surface area contributed by atoms with Crippen molar-refractivity contribution in [3.8, 4) is 0 Å². The number of rotatable bonds is 8. The van der Waals surface area contributed by atoms with Gasteiger partial charge in [0.05, 0.1) is 11.4 Å². The molecule has 0 amide bonds. The molecule has 0 heterocycles. The second kappa shape index (κ2) is 9.64. The van der Waals surface area contributed by atoms with E-state index in [4.69, 9.17) is 0 Å². The summed E-state index contributed by atoms with van der Waals surface area (Å²) in [7, 11) is -3.48. The number of nitrogens with one attached hydrogen (secondary N) is 3. The Morgan fingerprint density at radius 3 is 2.33 bits per heavy atom. The fourth-order valence-electron chi connectivity index (χ4n) is 1.85. The molecule has 3 N–H and O–H groups in total. The van der Waals surface area contributed by atoms with Crippen LogP contribution < -0.4 is 15.4 Å². The minimum Gasteiger partial charge on any atom is -0.357 e. The fraction of sp³-hybridized carbons (Fsp3) is 0.588. The van der Waals surface area contributed by atoms with Crippen molar-refractivity contribution in [3.63, 3.8) is 0 Å². The maximum absolute atomic E-state index is 12.2. The molecular formula is C17H30N4O2S. The van der Waals surface area contributed by atoms with Crippen molar-refractivity contribution in [1.29, 1.82) is 0 Å². The van der Waals surface area contributed by atoms with Gasteiger partial charge >= 0.3 is 0 Å². The van der Waals surface area contributed by atoms with Gasteiger partial charge in [-0.2, -0.15) is 0 Å². The number of hydrogen-bond acceptors (Lipinski definition) is 3. The molecule has 0 saturated heterocycles. The average molecular weight is 355 g/mol. The van der Waals surface area contributed by atoms with Gasteiger partial charge in [-0.1, -0.05) is 31.5 Å². The third-order valence-corrected chi connectivity index (χ3v) is 5.19. The minimum atomic E-state index is -3.48.